The number of hydrogen-bond acceptors (Lipinski definition) is 7. The van der Waals surface area contributed by atoms with Gasteiger partial charge in [-0.1, -0.05) is 30.3 Å². The summed E-state index contributed by atoms with van der Waals surface area (Å²) in [7, 11) is 0. The number of hydrogen-bond donors (Lipinski definition) is 2. The molecule has 1 saturated heterocycles. The van der Waals surface area contributed by atoms with Crippen molar-refractivity contribution in [1.29, 1.82) is 0 Å². The Balaban J connectivity index is 1.66. The van der Waals surface area contributed by atoms with Gasteiger partial charge in [0.25, 0.3) is 0 Å². The number of thiophene rings is 1. The van der Waals surface area contributed by atoms with Crippen molar-refractivity contribution in [2.24, 2.45) is 0 Å². The second-order valence-electron chi connectivity index (χ2n) is 8.61. The highest BCUT2D eigenvalue weighted by Gasteiger charge is 2.35. The predicted octanol–water partition coefficient (Wildman–Crippen LogP) is 4.98. The van der Waals surface area contributed by atoms with Crippen LogP contribution < -0.4 is 15.0 Å². The maximum atomic E-state index is 14.6. The van der Waals surface area contributed by atoms with Crippen molar-refractivity contribution < 1.29 is 18.6 Å². The van der Waals surface area contributed by atoms with Crippen LogP contribution in [-0.2, 0) is 0 Å². The normalized spacial score (nSPS) is 16.2. The Bertz CT molecular complexity index is 1300. The van der Waals surface area contributed by atoms with Crippen molar-refractivity contribution in [3.8, 4) is 16.9 Å². The molecular formula is C26H26F2N4O2S. The Morgan fingerprint density at radius 1 is 1.11 bits per heavy atom. The van der Waals surface area contributed by atoms with E-state index in [1.165, 1.54) is 23.7 Å². The summed E-state index contributed by atoms with van der Waals surface area (Å²) in [4.78, 5) is 11.9. The Morgan fingerprint density at radius 3 is 2.60 bits per heavy atom. The number of halogens is 2. The molecule has 0 saturated carbocycles. The van der Waals surface area contributed by atoms with Gasteiger partial charge in [-0.3, -0.25) is 0 Å². The summed E-state index contributed by atoms with van der Waals surface area (Å²) in [6.07, 6.45) is 1.12. The lowest BCUT2D eigenvalue weighted by Gasteiger charge is -2.42. The third kappa shape index (κ3) is 4.84. The molecule has 2 aromatic carbocycles. The zero-order chi connectivity index (χ0) is 24.4. The average molecular weight is 497 g/mol. The first-order valence-electron chi connectivity index (χ1n) is 11.6. The van der Waals surface area contributed by atoms with Crippen molar-refractivity contribution in [3.63, 3.8) is 0 Å². The van der Waals surface area contributed by atoms with E-state index in [0.29, 0.717) is 5.82 Å². The largest absolute Gasteiger partial charge is 0.465 e. The smallest absolute Gasteiger partial charge is 0.199 e. The number of aliphatic hydroxyl groups excluding tert-OH is 1. The molecular weight excluding hydrogens is 470 g/mol. The van der Waals surface area contributed by atoms with Gasteiger partial charge < -0.3 is 20.1 Å². The molecule has 0 bridgehead atoms. The van der Waals surface area contributed by atoms with Gasteiger partial charge in [0.05, 0.1) is 5.39 Å². The summed E-state index contributed by atoms with van der Waals surface area (Å²) >= 11 is 1.52. The van der Waals surface area contributed by atoms with Gasteiger partial charge in [0.15, 0.2) is 17.8 Å². The minimum atomic E-state index is -1.00. The number of aromatic nitrogens is 2. The Hall–Kier alpha value is -3.14. The van der Waals surface area contributed by atoms with Crippen LogP contribution in [0.15, 0.2) is 60.2 Å². The van der Waals surface area contributed by atoms with Gasteiger partial charge in [-0.15, -0.1) is 11.3 Å². The van der Waals surface area contributed by atoms with Gasteiger partial charge in [-0.05, 0) is 50.6 Å². The van der Waals surface area contributed by atoms with E-state index in [2.05, 4.69) is 20.7 Å². The molecule has 9 heteroatoms. The van der Waals surface area contributed by atoms with Crippen molar-refractivity contribution in [2.45, 2.75) is 38.1 Å². The van der Waals surface area contributed by atoms with Crippen LogP contribution in [0.1, 0.15) is 19.8 Å². The molecule has 6 nitrogen and oxygen atoms in total. The van der Waals surface area contributed by atoms with E-state index < -0.39 is 24.0 Å². The molecule has 1 fully saturated rings. The summed E-state index contributed by atoms with van der Waals surface area (Å²) < 4.78 is 34.2. The lowest BCUT2D eigenvalue weighted by atomic mass is 10.0. The predicted molar refractivity (Wildman–Crippen MR) is 134 cm³/mol. The quantitative estimate of drug-likeness (QED) is 0.352. The van der Waals surface area contributed by atoms with Crippen molar-refractivity contribution in [2.75, 3.05) is 18.0 Å². The monoisotopic (exact) mass is 496 g/mol. The number of aliphatic hydroxyl groups is 1. The molecule has 4 aromatic rings. The molecule has 2 aromatic heterocycles. The van der Waals surface area contributed by atoms with E-state index in [1.54, 1.807) is 6.92 Å². The molecule has 182 valence electrons. The topological polar surface area (TPSA) is 70.5 Å². The third-order valence-corrected chi connectivity index (χ3v) is 7.10. The number of ether oxygens (including phenoxy) is 1. The molecule has 2 atom stereocenters. The van der Waals surface area contributed by atoms with Crippen molar-refractivity contribution in [1.82, 2.24) is 15.3 Å². The minimum Gasteiger partial charge on any atom is -0.465 e. The van der Waals surface area contributed by atoms with E-state index in [-0.39, 0.29) is 11.8 Å². The van der Waals surface area contributed by atoms with Gasteiger partial charge in [0.2, 0.25) is 0 Å². The van der Waals surface area contributed by atoms with Crippen molar-refractivity contribution in [3.05, 3.63) is 71.9 Å². The van der Waals surface area contributed by atoms with E-state index in [0.717, 1.165) is 59.4 Å². The number of nitrogens with zero attached hydrogens (tertiary/aromatic N) is 3. The average Bonchev–Trinajstić information content (AvgIpc) is 3.31. The lowest BCUT2D eigenvalue weighted by molar-refractivity contribution is 0.0362. The molecule has 2 N–H and O–H groups in total. The Labute approximate surface area is 206 Å². The molecule has 3 heterocycles. The molecule has 0 aliphatic carbocycles. The number of rotatable bonds is 7. The van der Waals surface area contributed by atoms with Crippen LogP contribution in [0.4, 0.5) is 14.6 Å². The van der Waals surface area contributed by atoms with E-state index >= 15 is 0 Å². The first-order valence-corrected chi connectivity index (χ1v) is 12.5. The van der Waals surface area contributed by atoms with Gasteiger partial charge in [0, 0.05) is 23.1 Å². The van der Waals surface area contributed by atoms with Gasteiger partial charge in [-0.25, -0.2) is 18.7 Å². The van der Waals surface area contributed by atoms with Crippen LogP contribution in [-0.4, -0.2) is 46.5 Å². The first-order chi connectivity index (χ1) is 17.0. The summed E-state index contributed by atoms with van der Waals surface area (Å²) in [5.74, 6) is -1.03. The highest BCUT2D eigenvalue weighted by molar-refractivity contribution is 7.17. The highest BCUT2D eigenvalue weighted by atomic mass is 32.1. The molecule has 5 rings (SSSR count). The van der Waals surface area contributed by atoms with Crippen LogP contribution in [0.2, 0.25) is 0 Å². The van der Waals surface area contributed by atoms with Crippen molar-refractivity contribution >= 4 is 27.4 Å². The standard InChI is InChI=1S/C26H26F2N4O2S/c1-16(33)26(34-22-8-7-18(27)13-21(22)28)32(19-9-11-29-12-10-19)24-23-20(17-5-3-2-4-6-17)14-35-25(23)31-15-30-24/h2-8,13-16,19,26,29,33H,9-12H2,1H3. The van der Waals surface area contributed by atoms with E-state index in [9.17, 15) is 13.9 Å². The molecule has 0 radical (unpaired) electrons. The summed E-state index contributed by atoms with van der Waals surface area (Å²) in [5.41, 5.74) is 2.01. The second-order valence-corrected chi connectivity index (χ2v) is 9.46. The number of fused-ring (bicyclic) bond motifs is 1. The van der Waals surface area contributed by atoms with Gasteiger partial charge >= 0.3 is 0 Å². The number of nitrogens with one attached hydrogen (secondary N) is 1. The maximum absolute atomic E-state index is 14.6. The molecule has 0 amide bonds. The fourth-order valence-corrected chi connectivity index (χ4v) is 5.47. The van der Waals surface area contributed by atoms with Crippen LogP contribution >= 0.6 is 11.3 Å². The van der Waals surface area contributed by atoms with Gasteiger partial charge in [0.1, 0.15) is 28.9 Å². The first kappa shape index (κ1) is 23.6. The summed E-state index contributed by atoms with van der Waals surface area (Å²) in [6, 6.07) is 13.1. The van der Waals surface area contributed by atoms with Gasteiger partial charge in [-0.2, -0.15) is 0 Å². The zero-order valence-corrected chi connectivity index (χ0v) is 20.0. The number of anilines is 1. The van der Waals surface area contributed by atoms with Crippen LogP contribution in [0.25, 0.3) is 21.3 Å². The second kappa shape index (κ2) is 10.2. The SMILES string of the molecule is CC(O)C(Oc1ccc(F)cc1F)N(c1ncnc2scc(-c3ccccc3)c12)C1CCNCC1. The summed E-state index contributed by atoms with van der Waals surface area (Å²) in [6.45, 7) is 3.19. The van der Waals surface area contributed by atoms with E-state index in [4.69, 9.17) is 4.74 Å². The molecule has 2 unspecified atom stereocenters. The number of benzene rings is 2. The molecule has 1 aliphatic rings. The third-order valence-electron chi connectivity index (χ3n) is 6.21. The fraction of sp³-hybridized carbons (Fsp3) is 0.308. The van der Waals surface area contributed by atoms with Crippen LogP contribution in [0.3, 0.4) is 0 Å². The maximum Gasteiger partial charge on any atom is 0.199 e. The van der Waals surface area contributed by atoms with E-state index in [1.807, 2.05) is 35.2 Å². The Morgan fingerprint density at radius 2 is 1.89 bits per heavy atom. The summed E-state index contributed by atoms with van der Waals surface area (Å²) in [5, 5.41) is 17.1. The molecule has 35 heavy (non-hydrogen) atoms. The highest BCUT2D eigenvalue weighted by Crippen LogP contribution is 2.40. The van der Waals surface area contributed by atoms with Crippen LogP contribution in [0.5, 0.6) is 5.75 Å². The molecule has 1 aliphatic heterocycles. The fourth-order valence-electron chi connectivity index (χ4n) is 4.56. The lowest BCUT2D eigenvalue weighted by Crippen LogP contribution is -2.55. The zero-order valence-electron chi connectivity index (χ0n) is 19.2. The van der Waals surface area contributed by atoms with Crippen LogP contribution in [0, 0.1) is 11.6 Å². The number of piperidine rings is 1. The minimum absolute atomic E-state index is 0.0269. The Kier molecular flexibility index (Phi) is 6.90. The molecule has 0 spiro atoms.